The maximum Gasteiger partial charge on any atom is 0.165 e. The summed E-state index contributed by atoms with van der Waals surface area (Å²) < 4.78 is 19.1. The minimum Gasteiger partial charge on any atom is -0.486 e. The molecule has 3 rings (SSSR count). The summed E-state index contributed by atoms with van der Waals surface area (Å²) in [5, 5.41) is 0.184. The van der Waals surface area contributed by atoms with Crippen LogP contribution in [0.5, 0.6) is 5.75 Å². The maximum absolute atomic E-state index is 13.5. The Kier molecular flexibility index (Phi) is 2.13. The first-order valence-corrected chi connectivity index (χ1v) is 5.78. The van der Waals surface area contributed by atoms with Crippen molar-refractivity contribution in [3.8, 4) is 5.75 Å². The molecular weight excluding hydrogens is 215 g/mol. The lowest BCUT2D eigenvalue weighted by Crippen LogP contribution is -2.28. The quantitative estimate of drug-likeness (QED) is 0.616. The Balaban J connectivity index is 1.99. The van der Waals surface area contributed by atoms with E-state index >= 15 is 0 Å². The second-order valence-electron chi connectivity index (χ2n) is 4.33. The normalized spacial score (nSPS) is 33.1. The molecule has 0 aromatic heterocycles. The molecule has 1 aromatic rings. The van der Waals surface area contributed by atoms with Gasteiger partial charge in [-0.05, 0) is 18.9 Å². The van der Waals surface area contributed by atoms with Crippen molar-refractivity contribution in [1.82, 2.24) is 0 Å². The number of benzene rings is 1. The van der Waals surface area contributed by atoms with Crippen LogP contribution in [0.25, 0.3) is 0 Å². The highest BCUT2D eigenvalue weighted by Gasteiger charge is 2.39. The zero-order valence-corrected chi connectivity index (χ0v) is 9.01. The summed E-state index contributed by atoms with van der Waals surface area (Å²) in [4.78, 5) is 0. The SMILES string of the molecule is Fc1cccc2c1OC1CC(Cl)CCC21. The van der Waals surface area contributed by atoms with Gasteiger partial charge in [0.25, 0.3) is 0 Å². The fourth-order valence-corrected chi connectivity index (χ4v) is 2.96. The monoisotopic (exact) mass is 226 g/mol. The fraction of sp³-hybridized carbons (Fsp3) is 0.500. The predicted molar refractivity (Wildman–Crippen MR) is 57.0 cm³/mol. The van der Waals surface area contributed by atoms with Crippen LogP contribution in [0.15, 0.2) is 18.2 Å². The molecule has 0 spiro atoms. The molecule has 0 radical (unpaired) electrons. The van der Waals surface area contributed by atoms with E-state index < -0.39 is 0 Å². The van der Waals surface area contributed by atoms with Crippen LogP contribution in [-0.4, -0.2) is 11.5 Å². The van der Waals surface area contributed by atoms with Crippen LogP contribution >= 0.6 is 11.6 Å². The highest BCUT2D eigenvalue weighted by atomic mass is 35.5. The van der Waals surface area contributed by atoms with Gasteiger partial charge in [-0.3, -0.25) is 0 Å². The summed E-state index contributed by atoms with van der Waals surface area (Å²) >= 11 is 6.09. The third kappa shape index (κ3) is 1.43. The highest BCUT2D eigenvalue weighted by molar-refractivity contribution is 6.20. The first-order valence-electron chi connectivity index (χ1n) is 5.35. The lowest BCUT2D eigenvalue weighted by Gasteiger charge is -2.27. The van der Waals surface area contributed by atoms with Crippen molar-refractivity contribution < 1.29 is 9.13 Å². The lowest BCUT2D eigenvalue weighted by atomic mass is 9.83. The molecule has 1 aliphatic heterocycles. The molecule has 80 valence electrons. The van der Waals surface area contributed by atoms with Gasteiger partial charge in [0.05, 0.1) is 0 Å². The molecule has 1 aromatic carbocycles. The third-order valence-corrected chi connectivity index (χ3v) is 3.79. The van der Waals surface area contributed by atoms with Crippen LogP contribution in [0.3, 0.4) is 0 Å². The number of rotatable bonds is 0. The van der Waals surface area contributed by atoms with Crippen LogP contribution in [0, 0.1) is 5.82 Å². The van der Waals surface area contributed by atoms with Gasteiger partial charge in [0, 0.05) is 23.3 Å². The molecule has 0 saturated heterocycles. The van der Waals surface area contributed by atoms with E-state index in [1.807, 2.05) is 6.07 Å². The van der Waals surface area contributed by atoms with Crippen LogP contribution in [0.4, 0.5) is 4.39 Å². The van der Waals surface area contributed by atoms with Gasteiger partial charge in [0.15, 0.2) is 11.6 Å². The topological polar surface area (TPSA) is 9.23 Å². The molecular formula is C12H12ClFO. The molecule has 0 bridgehead atoms. The van der Waals surface area contributed by atoms with Crippen molar-refractivity contribution in [2.24, 2.45) is 0 Å². The maximum atomic E-state index is 13.5. The van der Waals surface area contributed by atoms with E-state index in [2.05, 4.69) is 0 Å². The van der Waals surface area contributed by atoms with Crippen molar-refractivity contribution in [3.63, 3.8) is 0 Å². The average Bonchev–Trinajstić information content (AvgIpc) is 2.57. The zero-order chi connectivity index (χ0) is 10.4. The van der Waals surface area contributed by atoms with E-state index in [0.717, 1.165) is 24.8 Å². The molecule has 1 nitrogen and oxygen atoms in total. The van der Waals surface area contributed by atoms with Crippen LogP contribution in [-0.2, 0) is 0 Å². The fourth-order valence-electron chi connectivity index (χ4n) is 2.66. The summed E-state index contributed by atoms with van der Waals surface area (Å²) in [5.74, 6) is 0.567. The molecule has 1 fully saturated rings. The molecule has 1 aliphatic carbocycles. The summed E-state index contributed by atoms with van der Waals surface area (Å²) in [6.07, 6.45) is 2.94. The summed E-state index contributed by atoms with van der Waals surface area (Å²) in [6.45, 7) is 0. The lowest BCUT2D eigenvalue weighted by molar-refractivity contribution is 0.161. The molecule has 2 aliphatic rings. The first kappa shape index (κ1) is 9.46. The first-order chi connectivity index (χ1) is 7.25. The standard InChI is InChI=1S/C12H12ClFO/c13-7-4-5-8-9-2-1-3-10(14)12(9)15-11(8)6-7/h1-3,7-8,11H,4-6H2. The summed E-state index contributed by atoms with van der Waals surface area (Å²) in [6, 6.07) is 5.18. The summed E-state index contributed by atoms with van der Waals surface area (Å²) in [7, 11) is 0. The second kappa shape index (κ2) is 3.38. The molecule has 0 N–H and O–H groups in total. The van der Waals surface area contributed by atoms with Crippen molar-refractivity contribution in [2.75, 3.05) is 0 Å². The Labute approximate surface area is 93.2 Å². The van der Waals surface area contributed by atoms with Crippen molar-refractivity contribution in [3.05, 3.63) is 29.6 Å². The predicted octanol–water partition coefficient (Wildman–Crippen LogP) is 3.46. The Morgan fingerprint density at radius 2 is 2.20 bits per heavy atom. The molecule has 3 atom stereocenters. The van der Waals surface area contributed by atoms with Crippen LogP contribution in [0.1, 0.15) is 30.7 Å². The number of halogens is 2. The Morgan fingerprint density at radius 1 is 1.33 bits per heavy atom. The van der Waals surface area contributed by atoms with Crippen molar-refractivity contribution >= 4 is 11.6 Å². The van der Waals surface area contributed by atoms with Gasteiger partial charge in [-0.15, -0.1) is 11.6 Å². The van der Waals surface area contributed by atoms with Gasteiger partial charge in [0.1, 0.15) is 6.10 Å². The molecule has 1 saturated carbocycles. The number of fused-ring (bicyclic) bond motifs is 3. The van der Waals surface area contributed by atoms with E-state index in [-0.39, 0.29) is 17.3 Å². The van der Waals surface area contributed by atoms with Gasteiger partial charge in [-0.1, -0.05) is 12.1 Å². The van der Waals surface area contributed by atoms with E-state index in [0.29, 0.717) is 11.7 Å². The van der Waals surface area contributed by atoms with E-state index in [4.69, 9.17) is 16.3 Å². The number of alkyl halides is 1. The van der Waals surface area contributed by atoms with Gasteiger partial charge in [-0.2, -0.15) is 0 Å². The number of hydrogen-bond donors (Lipinski definition) is 0. The van der Waals surface area contributed by atoms with Crippen LogP contribution < -0.4 is 4.74 Å². The highest BCUT2D eigenvalue weighted by Crippen LogP contribution is 2.47. The van der Waals surface area contributed by atoms with Crippen LogP contribution in [0.2, 0.25) is 0 Å². The van der Waals surface area contributed by atoms with Crippen molar-refractivity contribution in [1.29, 1.82) is 0 Å². The van der Waals surface area contributed by atoms with Gasteiger partial charge < -0.3 is 4.74 Å². The Hall–Kier alpha value is -0.760. The largest absolute Gasteiger partial charge is 0.486 e. The Morgan fingerprint density at radius 3 is 3.07 bits per heavy atom. The Bertz CT molecular complexity index is 393. The van der Waals surface area contributed by atoms with Gasteiger partial charge in [0.2, 0.25) is 0 Å². The number of hydrogen-bond acceptors (Lipinski definition) is 1. The van der Waals surface area contributed by atoms with E-state index in [1.165, 1.54) is 6.07 Å². The zero-order valence-electron chi connectivity index (χ0n) is 8.25. The molecule has 0 amide bonds. The molecule has 1 heterocycles. The molecule has 3 unspecified atom stereocenters. The molecule has 15 heavy (non-hydrogen) atoms. The molecule has 3 heteroatoms. The average molecular weight is 227 g/mol. The summed E-state index contributed by atoms with van der Waals surface area (Å²) in [5.41, 5.74) is 1.03. The smallest absolute Gasteiger partial charge is 0.165 e. The van der Waals surface area contributed by atoms with E-state index in [9.17, 15) is 4.39 Å². The van der Waals surface area contributed by atoms with Gasteiger partial charge >= 0.3 is 0 Å². The minimum atomic E-state index is -0.243. The number of ether oxygens (including phenoxy) is 1. The van der Waals surface area contributed by atoms with E-state index in [1.54, 1.807) is 6.07 Å². The minimum absolute atomic E-state index is 0.0909. The van der Waals surface area contributed by atoms with Crippen molar-refractivity contribution in [2.45, 2.75) is 36.7 Å². The second-order valence-corrected chi connectivity index (χ2v) is 4.95. The third-order valence-electron chi connectivity index (χ3n) is 3.39. The van der Waals surface area contributed by atoms with Gasteiger partial charge in [-0.25, -0.2) is 4.39 Å². The number of para-hydroxylation sites is 1.